The monoisotopic (exact) mass is 418 g/mol. The minimum Gasteiger partial charge on any atom is -0.368 e. The van der Waals surface area contributed by atoms with Crippen molar-refractivity contribution in [3.8, 4) is 11.3 Å². The third-order valence-corrected chi connectivity index (χ3v) is 5.59. The molecular formula is C22H28F2N4O2. The van der Waals surface area contributed by atoms with Crippen molar-refractivity contribution in [3.63, 3.8) is 0 Å². The average molecular weight is 418 g/mol. The van der Waals surface area contributed by atoms with Crippen molar-refractivity contribution < 1.29 is 18.4 Å². The van der Waals surface area contributed by atoms with Crippen LogP contribution in [0.15, 0.2) is 18.2 Å². The second-order valence-electron chi connectivity index (χ2n) is 9.81. The summed E-state index contributed by atoms with van der Waals surface area (Å²) in [5.41, 5.74) is 7.27. The van der Waals surface area contributed by atoms with Gasteiger partial charge in [-0.1, -0.05) is 34.6 Å². The van der Waals surface area contributed by atoms with E-state index in [2.05, 4.69) is 24.3 Å². The number of rotatable bonds is 3. The fourth-order valence-electron chi connectivity index (χ4n) is 3.89. The first kappa shape index (κ1) is 21.9. The molecule has 0 saturated carbocycles. The highest BCUT2D eigenvalue weighted by Crippen LogP contribution is 2.39. The minimum absolute atomic E-state index is 0.0220. The Balaban J connectivity index is 2.08. The van der Waals surface area contributed by atoms with Crippen molar-refractivity contribution in [1.82, 2.24) is 15.1 Å². The van der Waals surface area contributed by atoms with Crippen molar-refractivity contribution in [3.05, 3.63) is 41.1 Å². The van der Waals surface area contributed by atoms with Gasteiger partial charge in [0.25, 0.3) is 0 Å². The average Bonchev–Trinajstić information content (AvgIpc) is 2.98. The van der Waals surface area contributed by atoms with Gasteiger partial charge in [0.05, 0.1) is 11.4 Å². The van der Waals surface area contributed by atoms with Crippen LogP contribution in [0.4, 0.5) is 13.6 Å². The molecule has 1 aliphatic rings. The molecule has 8 heteroatoms. The lowest BCUT2D eigenvalue weighted by atomic mass is 9.75. The van der Waals surface area contributed by atoms with Gasteiger partial charge in [-0.25, -0.2) is 13.6 Å². The number of halogens is 2. The van der Waals surface area contributed by atoms with Crippen LogP contribution in [0.5, 0.6) is 0 Å². The second kappa shape index (κ2) is 7.49. The number of nitrogens with two attached hydrogens (primary N) is 1. The zero-order chi connectivity index (χ0) is 22.4. The van der Waals surface area contributed by atoms with Gasteiger partial charge in [0, 0.05) is 11.1 Å². The number of primary amides is 1. The van der Waals surface area contributed by atoms with Crippen LogP contribution in [-0.2, 0) is 17.6 Å². The normalized spacial score (nSPS) is 16.6. The Hall–Kier alpha value is -2.77. The maximum Gasteiger partial charge on any atom is 0.343 e. The Kier molecular flexibility index (Phi) is 5.47. The summed E-state index contributed by atoms with van der Waals surface area (Å²) in [5, 5.41) is 7.14. The van der Waals surface area contributed by atoms with E-state index < -0.39 is 35.0 Å². The van der Waals surface area contributed by atoms with Gasteiger partial charge in [-0.05, 0) is 48.3 Å². The molecule has 2 aromatic rings. The molecule has 0 fully saturated rings. The molecule has 1 aromatic heterocycles. The third-order valence-electron chi connectivity index (χ3n) is 5.59. The Morgan fingerprint density at radius 1 is 1.23 bits per heavy atom. The van der Waals surface area contributed by atoms with Gasteiger partial charge in [-0.15, -0.1) is 0 Å². The van der Waals surface area contributed by atoms with Crippen molar-refractivity contribution >= 4 is 11.9 Å². The molecule has 0 bridgehead atoms. The molecule has 0 spiro atoms. The van der Waals surface area contributed by atoms with Crippen LogP contribution in [0.1, 0.15) is 52.3 Å². The van der Waals surface area contributed by atoms with E-state index in [-0.39, 0.29) is 5.41 Å². The van der Waals surface area contributed by atoms with E-state index in [0.717, 1.165) is 24.1 Å². The first-order valence-electron chi connectivity index (χ1n) is 9.96. The maximum absolute atomic E-state index is 13.9. The molecule has 1 aliphatic carbocycles. The number of carbonyl (C=O) groups excluding carboxylic acids is 2. The largest absolute Gasteiger partial charge is 0.368 e. The predicted octanol–water partition coefficient (Wildman–Crippen LogP) is 3.80. The minimum atomic E-state index is -0.975. The van der Waals surface area contributed by atoms with E-state index >= 15 is 0 Å². The lowest BCUT2D eigenvalue weighted by molar-refractivity contribution is -0.122. The number of nitrogens with zero attached hydrogens (tertiary/aromatic N) is 2. The molecule has 0 aliphatic heterocycles. The fourth-order valence-corrected chi connectivity index (χ4v) is 3.89. The summed E-state index contributed by atoms with van der Waals surface area (Å²) < 4.78 is 28.5. The number of amides is 2. The standard InChI is InChI=1S/C22H28F2N4O2/c1-21(2,3)18(19(25)29)26-20(30)28-16-8-9-22(4,5)11-13(16)17(27-28)12-6-7-14(23)15(24)10-12/h6-7,10,18H,8-9,11H2,1-5H3,(H2,25,29)(H,26,30)/t18-/m1/s1. The van der Waals surface area contributed by atoms with Crippen LogP contribution in [0, 0.1) is 22.5 Å². The quantitative estimate of drug-likeness (QED) is 0.794. The molecule has 1 heterocycles. The smallest absolute Gasteiger partial charge is 0.343 e. The lowest BCUT2D eigenvalue weighted by Crippen LogP contribution is -2.53. The molecule has 1 aromatic carbocycles. The van der Waals surface area contributed by atoms with Gasteiger partial charge in [0.2, 0.25) is 5.91 Å². The van der Waals surface area contributed by atoms with Gasteiger partial charge < -0.3 is 11.1 Å². The molecule has 162 valence electrons. The Labute approximate surface area is 174 Å². The number of aromatic nitrogens is 2. The summed E-state index contributed by atoms with van der Waals surface area (Å²) >= 11 is 0. The number of nitrogens with one attached hydrogen (secondary N) is 1. The zero-order valence-corrected chi connectivity index (χ0v) is 18.0. The SMILES string of the molecule is CC1(C)CCc2c(c(-c3ccc(F)c(F)c3)nn2C(=O)N[C@H](C(N)=O)C(C)(C)C)C1. The molecule has 3 rings (SSSR count). The molecule has 0 unspecified atom stereocenters. The summed E-state index contributed by atoms with van der Waals surface area (Å²) in [6.07, 6.45) is 2.08. The summed E-state index contributed by atoms with van der Waals surface area (Å²) in [6.45, 7) is 9.64. The number of carbonyl (C=O) groups is 2. The summed E-state index contributed by atoms with van der Waals surface area (Å²) in [5.74, 6) is -2.56. The van der Waals surface area contributed by atoms with Gasteiger partial charge >= 0.3 is 6.03 Å². The number of hydrogen-bond donors (Lipinski definition) is 2. The third kappa shape index (κ3) is 4.22. The molecule has 2 amide bonds. The number of fused-ring (bicyclic) bond motifs is 1. The second-order valence-corrected chi connectivity index (χ2v) is 9.81. The molecule has 1 atom stereocenters. The fraction of sp³-hybridized carbons (Fsp3) is 0.500. The van der Waals surface area contributed by atoms with Gasteiger partial charge in [0.1, 0.15) is 6.04 Å². The highest BCUT2D eigenvalue weighted by molar-refractivity contribution is 5.88. The molecular weight excluding hydrogens is 390 g/mol. The van der Waals surface area contributed by atoms with Crippen LogP contribution >= 0.6 is 0 Å². The molecule has 6 nitrogen and oxygen atoms in total. The topological polar surface area (TPSA) is 90.0 Å². The van der Waals surface area contributed by atoms with Crippen LogP contribution in [0.2, 0.25) is 0 Å². The maximum atomic E-state index is 13.9. The Bertz CT molecular complexity index is 1010. The van der Waals surface area contributed by atoms with E-state index in [4.69, 9.17) is 5.73 Å². The highest BCUT2D eigenvalue weighted by Gasteiger charge is 2.36. The van der Waals surface area contributed by atoms with Crippen LogP contribution in [-0.4, -0.2) is 27.8 Å². The lowest BCUT2D eigenvalue weighted by Gasteiger charge is -2.31. The Morgan fingerprint density at radius 3 is 2.47 bits per heavy atom. The zero-order valence-electron chi connectivity index (χ0n) is 18.0. The van der Waals surface area contributed by atoms with Gasteiger partial charge in [-0.2, -0.15) is 9.78 Å². The first-order valence-corrected chi connectivity index (χ1v) is 9.96. The van der Waals surface area contributed by atoms with Crippen molar-refractivity contribution in [2.45, 2.75) is 59.9 Å². The summed E-state index contributed by atoms with van der Waals surface area (Å²) in [4.78, 5) is 24.9. The molecule has 0 saturated heterocycles. The van der Waals surface area contributed by atoms with Crippen molar-refractivity contribution in [1.29, 1.82) is 0 Å². The molecule has 30 heavy (non-hydrogen) atoms. The number of benzene rings is 1. The first-order chi connectivity index (χ1) is 13.8. The van der Waals surface area contributed by atoms with Gasteiger partial charge in [-0.3, -0.25) is 4.79 Å². The predicted molar refractivity (Wildman–Crippen MR) is 110 cm³/mol. The van der Waals surface area contributed by atoms with E-state index in [1.165, 1.54) is 10.7 Å². The van der Waals surface area contributed by atoms with Gasteiger partial charge in [0.15, 0.2) is 11.6 Å². The van der Waals surface area contributed by atoms with E-state index in [0.29, 0.717) is 29.8 Å². The summed E-state index contributed by atoms with van der Waals surface area (Å²) in [6, 6.07) is 2.12. The molecule has 0 radical (unpaired) electrons. The van der Waals surface area contributed by atoms with Crippen LogP contribution in [0.25, 0.3) is 11.3 Å². The van der Waals surface area contributed by atoms with Crippen molar-refractivity contribution in [2.24, 2.45) is 16.6 Å². The molecule has 3 N–H and O–H groups in total. The van der Waals surface area contributed by atoms with E-state index in [1.807, 2.05) is 0 Å². The van der Waals surface area contributed by atoms with E-state index in [9.17, 15) is 18.4 Å². The summed E-state index contributed by atoms with van der Waals surface area (Å²) in [7, 11) is 0. The Morgan fingerprint density at radius 2 is 1.90 bits per heavy atom. The van der Waals surface area contributed by atoms with Crippen LogP contribution < -0.4 is 11.1 Å². The van der Waals surface area contributed by atoms with E-state index in [1.54, 1.807) is 20.8 Å². The van der Waals surface area contributed by atoms with Crippen molar-refractivity contribution in [2.75, 3.05) is 0 Å². The van der Waals surface area contributed by atoms with Crippen LogP contribution in [0.3, 0.4) is 0 Å². The number of hydrogen-bond acceptors (Lipinski definition) is 3. The highest BCUT2D eigenvalue weighted by atomic mass is 19.2.